The maximum Gasteiger partial charge on any atom is 0.313 e. The highest BCUT2D eigenvalue weighted by Gasteiger charge is 2.53. The van der Waals surface area contributed by atoms with Crippen molar-refractivity contribution in [2.24, 2.45) is 11.3 Å². The first-order valence-corrected chi connectivity index (χ1v) is 10.8. The highest BCUT2D eigenvalue weighted by molar-refractivity contribution is 7.07. The molecule has 0 aliphatic carbocycles. The minimum atomic E-state index is -0.372. The summed E-state index contributed by atoms with van der Waals surface area (Å²) in [6, 6.07) is 4.21. The quantitative estimate of drug-likeness (QED) is 0.708. The van der Waals surface area contributed by atoms with Crippen LogP contribution in [0.25, 0.3) is 0 Å². The van der Waals surface area contributed by atoms with E-state index < -0.39 is 0 Å². The van der Waals surface area contributed by atoms with Gasteiger partial charge in [-0.2, -0.15) is 11.3 Å². The van der Waals surface area contributed by atoms with Crippen LogP contribution < -0.4 is 0 Å². The van der Waals surface area contributed by atoms with Gasteiger partial charge in [0.1, 0.15) is 0 Å². The average molecular weight is 389 g/mol. The molecule has 0 aromatic carbocycles. The van der Waals surface area contributed by atoms with Crippen molar-refractivity contribution in [3.05, 3.63) is 46.5 Å². The van der Waals surface area contributed by atoms with Crippen LogP contribution in [0.15, 0.2) is 39.8 Å². The molecule has 2 aromatic heterocycles. The van der Waals surface area contributed by atoms with Gasteiger partial charge in [0.2, 0.25) is 0 Å². The predicted molar refractivity (Wildman–Crippen MR) is 105 cm³/mol. The Labute approximate surface area is 164 Å². The van der Waals surface area contributed by atoms with E-state index in [1.165, 1.54) is 11.1 Å². The van der Waals surface area contributed by atoms with Gasteiger partial charge in [-0.1, -0.05) is 0 Å². The SMILES string of the molecule is CCOC(=O)[C@]12CCCN(Cc3ccsc3)C[C@H]1CN(Cc1ccoc1)C2. The van der Waals surface area contributed by atoms with E-state index in [-0.39, 0.29) is 11.4 Å². The second kappa shape index (κ2) is 8.17. The molecule has 0 N–H and O–H groups in total. The first-order chi connectivity index (χ1) is 13.2. The van der Waals surface area contributed by atoms with Crippen LogP contribution in [-0.4, -0.2) is 48.6 Å². The first kappa shape index (κ1) is 18.7. The fourth-order valence-corrected chi connectivity index (χ4v) is 5.43. The van der Waals surface area contributed by atoms with E-state index in [1.54, 1.807) is 23.9 Å². The van der Waals surface area contributed by atoms with Crippen LogP contribution in [0, 0.1) is 11.3 Å². The zero-order chi connectivity index (χ0) is 18.7. The number of nitrogens with zero attached hydrogens (tertiary/aromatic N) is 2. The summed E-state index contributed by atoms with van der Waals surface area (Å²) in [5.41, 5.74) is 2.17. The number of fused-ring (bicyclic) bond motifs is 1. The van der Waals surface area contributed by atoms with Gasteiger partial charge in [-0.15, -0.1) is 0 Å². The summed E-state index contributed by atoms with van der Waals surface area (Å²) in [6.07, 6.45) is 5.47. The molecule has 4 rings (SSSR count). The number of ether oxygens (including phenoxy) is 1. The second-order valence-corrected chi connectivity index (χ2v) is 8.63. The maximum absolute atomic E-state index is 13.0. The number of likely N-dealkylation sites (tertiary alicyclic amines) is 2. The van der Waals surface area contributed by atoms with Gasteiger partial charge in [0.25, 0.3) is 0 Å². The van der Waals surface area contributed by atoms with Crippen molar-refractivity contribution in [2.75, 3.05) is 32.8 Å². The molecule has 0 spiro atoms. The molecular formula is C21H28N2O3S. The van der Waals surface area contributed by atoms with Crippen LogP contribution in [0.2, 0.25) is 0 Å². The van der Waals surface area contributed by atoms with Crippen LogP contribution >= 0.6 is 11.3 Å². The van der Waals surface area contributed by atoms with Gasteiger partial charge >= 0.3 is 5.97 Å². The van der Waals surface area contributed by atoms with Crippen molar-refractivity contribution in [2.45, 2.75) is 32.9 Å². The highest BCUT2D eigenvalue weighted by Crippen LogP contribution is 2.44. The van der Waals surface area contributed by atoms with Gasteiger partial charge in [-0.3, -0.25) is 14.6 Å². The maximum atomic E-state index is 13.0. The molecule has 0 radical (unpaired) electrons. The summed E-state index contributed by atoms with van der Waals surface area (Å²) in [5, 5.41) is 4.36. The van der Waals surface area contributed by atoms with E-state index in [0.717, 1.165) is 52.1 Å². The van der Waals surface area contributed by atoms with E-state index in [2.05, 4.69) is 26.6 Å². The van der Waals surface area contributed by atoms with Crippen LogP contribution in [0.4, 0.5) is 0 Å². The first-order valence-electron chi connectivity index (χ1n) is 9.83. The normalized spacial score (nSPS) is 26.6. The monoisotopic (exact) mass is 388 g/mol. The van der Waals surface area contributed by atoms with Crippen molar-refractivity contribution >= 4 is 17.3 Å². The lowest BCUT2D eigenvalue weighted by Gasteiger charge is -2.31. The van der Waals surface area contributed by atoms with E-state index in [9.17, 15) is 4.79 Å². The number of hydrogen-bond acceptors (Lipinski definition) is 6. The Morgan fingerprint density at radius 2 is 2.15 bits per heavy atom. The fourth-order valence-electron chi connectivity index (χ4n) is 4.77. The van der Waals surface area contributed by atoms with Gasteiger partial charge in [0.05, 0.1) is 24.5 Å². The third kappa shape index (κ3) is 3.98. The lowest BCUT2D eigenvalue weighted by Crippen LogP contribution is -2.42. The Morgan fingerprint density at radius 1 is 1.30 bits per heavy atom. The van der Waals surface area contributed by atoms with Crippen LogP contribution in [0.5, 0.6) is 0 Å². The zero-order valence-electron chi connectivity index (χ0n) is 15.9. The van der Waals surface area contributed by atoms with E-state index in [4.69, 9.17) is 9.15 Å². The molecule has 6 heteroatoms. The molecule has 0 saturated carbocycles. The summed E-state index contributed by atoms with van der Waals surface area (Å²) >= 11 is 1.75. The summed E-state index contributed by atoms with van der Waals surface area (Å²) in [7, 11) is 0. The second-order valence-electron chi connectivity index (χ2n) is 7.85. The summed E-state index contributed by atoms with van der Waals surface area (Å²) < 4.78 is 10.8. The molecule has 146 valence electrons. The van der Waals surface area contributed by atoms with Gasteiger partial charge in [0.15, 0.2) is 0 Å². The summed E-state index contributed by atoms with van der Waals surface area (Å²) in [6.45, 7) is 7.89. The Kier molecular flexibility index (Phi) is 5.66. The lowest BCUT2D eigenvalue weighted by molar-refractivity contribution is -0.157. The largest absolute Gasteiger partial charge is 0.472 e. The number of esters is 1. The number of carbonyl (C=O) groups excluding carboxylic acids is 1. The molecule has 0 amide bonds. The molecule has 4 heterocycles. The van der Waals surface area contributed by atoms with Crippen molar-refractivity contribution in [1.29, 1.82) is 0 Å². The van der Waals surface area contributed by atoms with E-state index in [1.807, 2.05) is 13.0 Å². The van der Waals surface area contributed by atoms with Gasteiger partial charge in [0, 0.05) is 44.2 Å². The minimum absolute atomic E-state index is 0.00192. The van der Waals surface area contributed by atoms with Gasteiger partial charge in [-0.05, 0) is 54.8 Å². The molecular weight excluding hydrogens is 360 g/mol. The standard InChI is InChI=1S/C21H28N2O3S/c1-2-26-20(24)21-6-3-7-22(11-18-5-9-27-15-18)12-19(21)13-23(16-21)10-17-4-8-25-14-17/h4-5,8-9,14-15,19H,2-3,6-7,10-13,16H2,1H3/t19-,21-/m0/s1. The fraction of sp³-hybridized carbons (Fsp3) is 0.571. The summed E-state index contributed by atoms with van der Waals surface area (Å²) in [4.78, 5) is 18.0. The average Bonchev–Trinajstić information content (AvgIpc) is 3.37. The molecule has 2 saturated heterocycles. The molecule has 2 aromatic rings. The molecule has 2 atom stereocenters. The van der Waals surface area contributed by atoms with Crippen molar-refractivity contribution in [1.82, 2.24) is 9.80 Å². The zero-order valence-corrected chi connectivity index (χ0v) is 16.7. The number of furan rings is 1. The third-order valence-corrected chi connectivity index (χ3v) is 6.73. The topological polar surface area (TPSA) is 45.9 Å². The molecule has 5 nitrogen and oxygen atoms in total. The van der Waals surface area contributed by atoms with E-state index >= 15 is 0 Å². The van der Waals surface area contributed by atoms with Crippen LogP contribution in [0.1, 0.15) is 30.9 Å². The smallest absolute Gasteiger partial charge is 0.313 e. The molecule has 2 aliphatic rings. The van der Waals surface area contributed by atoms with Gasteiger partial charge in [-0.25, -0.2) is 0 Å². The summed E-state index contributed by atoms with van der Waals surface area (Å²) in [5.74, 6) is 0.312. The van der Waals surface area contributed by atoms with Crippen molar-refractivity contribution < 1.29 is 13.9 Å². The Morgan fingerprint density at radius 3 is 2.89 bits per heavy atom. The molecule has 2 aliphatic heterocycles. The minimum Gasteiger partial charge on any atom is -0.472 e. The molecule has 0 bridgehead atoms. The number of thiophene rings is 1. The molecule has 2 fully saturated rings. The number of carbonyl (C=O) groups is 1. The van der Waals surface area contributed by atoms with Crippen molar-refractivity contribution in [3.63, 3.8) is 0 Å². The van der Waals surface area contributed by atoms with E-state index in [0.29, 0.717) is 12.5 Å². The third-order valence-electron chi connectivity index (χ3n) is 6.00. The number of rotatable bonds is 6. The molecule has 0 unspecified atom stereocenters. The lowest BCUT2D eigenvalue weighted by atomic mass is 9.75. The van der Waals surface area contributed by atoms with Crippen LogP contribution in [-0.2, 0) is 22.6 Å². The Bertz CT molecular complexity index is 731. The Hall–Kier alpha value is -1.63. The molecule has 27 heavy (non-hydrogen) atoms. The highest BCUT2D eigenvalue weighted by atomic mass is 32.1. The van der Waals surface area contributed by atoms with Crippen molar-refractivity contribution in [3.8, 4) is 0 Å². The van der Waals surface area contributed by atoms with Gasteiger partial charge < -0.3 is 9.15 Å². The predicted octanol–water partition coefficient (Wildman–Crippen LogP) is 3.62. The number of hydrogen-bond donors (Lipinski definition) is 0. The van der Waals surface area contributed by atoms with Crippen LogP contribution in [0.3, 0.4) is 0 Å². The Balaban J connectivity index is 1.52.